The van der Waals surface area contributed by atoms with Crippen LogP contribution in [0.1, 0.15) is 6.42 Å². The average Bonchev–Trinajstić information content (AvgIpc) is 2.88. The van der Waals surface area contributed by atoms with Gasteiger partial charge in [0, 0.05) is 25.2 Å². The Morgan fingerprint density at radius 1 is 1.21 bits per heavy atom. The molecule has 1 amide bonds. The number of ether oxygens (including phenoxy) is 3. The van der Waals surface area contributed by atoms with Crippen molar-refractivity contribution in [3.05, 3.63) is 12.1 Å². The predicted molar refractivity (Wildman–Crippen MR) is 70.0 cm³/mol. The van der Waals surface area contributed by atoms with Crippen molar-refractivity contribution in [2.24, 2.45) is 0 Å². The minimum Gasteiger partial charge on any atom is -0.493 e. The van der Waals surface area contributed by atoms with Gasteiger partial charge in [-0.05, 0) is 0 Å². The zero-order valence-corrected chi connectivity index (χ0v) is 10.9. The molecule has 6 nitrogen and oxygen atoms in total. The van der Waals surface area contributed by atoms with E-state index in [4.69, 9.17) is 14.2 Å². The quantitative estimate of drug-likeness (QED) is 0.840. The van der Waals surface area contributed by atoms with Crippen molar-refractivity contribution < 1.29 is 19.0 Å². The number of methoxy groups -OCH3 is 2. The summed E-state index contributed by atoms with van der Waals surface area (Å²) in [4.78, 5) is 12.2. The first kappa shape index (κ1) is 12.1. The molecule has 0 aromatic heterocycles. The van der Waals surface area contributed by atoms with Crippen molar-refractivity contribution >= 4 is 17.3 Å². The van der Waals surface area contributed by atoms with Gasteiger partial charge >= 0.3 is 0 Å². The maximum Gasteiger partial charge on any atom is 0.252 e. The van der Waals surface area contributed by atoms with E-state index in [1.807, 2.05) is 6.07 Å². The Balaban J connectivity index is 2.02. The number of rotatable bonds is 2. The van der Waals surface area contributed by atoms with E-state index in [0.29, 0.717) is 36.8 Å². The minimum atomic E-state index is -0.660. The largest absolute Gasteiger partial charge is 0.493 e. The van der Waals surface area contributed by atoms with Gasteiger partial charge in [-0.1, -0.05) is 0 Å². The maximum atomic E-state index is 12.2. The van der Waals surface area contributed by atoms with Crippen LogP contribution in [0.2, 0.25) is 0 Å². The second-order valence-corrected chi connectivity index (χ2v) is 4.72. The normalized spacial score (nSPS) is 24.6. The molecule has 1 fully saturated rings. The van der Waals surface area contributed by atoms with Gasteiger partial charge in [0.1, 0.15) is 5.54 Å². The number of benzene rings is 1. The fraction of sp³-hybridized carbons (Fsp3) is 0.462. The third-order valence-corrected chi connectivity index (χ3v) is 3.60. The lowest BCUT2D eigenvalue weighted by atomic mass is 9.94. The summed E-state index contributed by atoms with van der Waals surface area (Å²) in [7, 11) is 3.15. The van der Waals surface area contributed by atoms with E-state index >= 15 is 0 Å². The maximum absolute atomic E-state index is 12.2. The van der Waals surface area contributed by atoms with Crippen molar-refractivity contribution in [3.63, 3.8) is 0 Å². The van der Waals surface area contributed by atoms with Crippen molar-refractivity contribution in [1.82, 2.24) is 0 Å². The van der Waals surface area contributed by atoms with Crippen LogP contribution in [0.4, 0.5) is 11.4 Å². The number of carbonyl (C=O) groups excluding carboxylic acids is 1. The molecule has 0 bridgehead atoms. The molecule has 0 aliphatic carbocycles. The number of anilines is 2. The molecule has 3 rings (SSSR count). The Labute approximate surface area is 111 Å². The zero-order valence-electron chi connectivity index (χ0n) is 10.9. The SMILES string of the molecule is COc1cc2c(cc1OC)NC1(CCOC1)C(=O)N2. The molecule has 6 heteroatoms. The highest BCUT2D eigenvalue weighted by atomic mass is 16.5. The highest BCUT2D eigenvalue weighted by molar-refractivity contribution is 6.06. The lowest BCUT2D eigenvalue weighted by Gasteiger charge is -2.34. The minimum absolute atomic E-state index is 0.0651. The second-order valence-electron chi connectivity index (χ2n) is 4.72. The molecule has 102 valence electrons. The van der Waals surface area contributed by atoms with Crippen LogP contribution in [0, 0.1) is 0 Å². The van der Waals surface area contributed by atoms with E-state index in [9.17, 15) is 4.79 Å². The first-order valence-corrected chi connectivity index (χ1v) is 6.12. The molecule has 1 saturated heterocycles. The molecule has 1 aromatic carbocycles. The van der Waals surface area contributed by atoms with Crippen LogP contribution < -0.4 is 20.1 Å². The number of nitrogens with one attached hydrogen (secondary N) is 2. The highest BCUT2D eigenvalue weighted by Gasteiger charge is 2.45. The van der Waals surface area contributed by atoms with E-state index in [2.05, 4.69) is 10.6 Å². The van der Waals surface area contributed by atoms with Crippen LogP contribution in [-0.4, -0.2) is 38.9 Å². The molecule has 1 atom stereocenters. The first-order chi connectivity index (χ1) is 9.18. The van der Waals surface area contributed by atoms with Gasteiger partial charge in [-0.15, -0.1) is 0 Å². The smallest absolute Gasteiger partial charge is 0.252 e. The van der Waals surface area contributed by atoms with Gasteiger partial charge < -0.3 is 24.8 Å². The van der Waals surface area contributed by atoms with Gasteiger partial charge in [0.15, 0.2) is 11.5 Å². The lowest BCUT2D eigenvalue weighted by Crippen LogP contribution is -2.53. The molecule has 1 unspecified atom stereocenters. The van der Waals surface area contributed by atoms with Crippen LogP contribution in [-0.2, 0) is 9.53 Å². The van der Waals surface area contributed by atoms with Crippen molar-refractivity contribution in [2.45, 2.75) is 12.0 Å². The Morgan fingerprint density at radius 3 is 2.47 bits per heavy atom. The van der Waals surface area contributed by atoms with E-state index in [0.717, 1.165) is 5.69 Å². The van der Waals surface area contributed by atoms with Crippen LogP contribution >= 0.6 is 0 Å². The zero-order chi connectivity index (χ0) is 13.5. The summed E-state index contributed by atoms with van der Waals surface area (Å²) in [6, 6.07) is 3.58. The summed E-state index contributed by atoms with van der Waals surface area (Å²) >= 11 is 0. The fourth-order valence-electron chi connectivity index (χ4n) is 2.48. The summed E-state index contributed by atoms with van der Waals surface area (Å²) in [6.45, 7) is 0.968. The van der Waals surface area contributed by atoms with Gasteiger partial charge in [-0.2, -0.15) is 0 Å². The molecule has 2 heterocycles. The number of carbonyl (C=O) groups is 1. The lowest BCUT2D eigenvalue weighted by molar-refractivity contribution is -0.120. The molecule has 19 heavy (non-hydrogen) atoms. The Bertz CT molecular complexity index is 524. The topological polar surface area (TPSA) is 68.8 Å². The molecule has 1 spiro atoms. The summed E-state index contributed by atoms with van der Waals surface area (Å²) in [5.74, 6) is 1.14. The molecule has 0 saturated carbocycles. The molecule has 2 N–H and O–H groups in total. The summed E-state index contributed by atoms with van der Waals surface area (Å²) in [5.41, 5.74) is 0.856. The van der Waals surface area contributed by atoms with Crippen LogP contribution in [0.5, 0.6) is 11.5 Å². The van der Waals surface area contributed by atoms with E-state index in [1.165, 1.54) is 0 Å². The molecule has 1 aromatic rings. The van der Waals surface area contributed by atoms with E-state index in [-0.39, 0.29) is 5.91 Å². The molecular weight excluding hydrogens is 248 g/mol. The molecule has 2 aliphatic rings. The number of amides is 1. The standard InChI is InChI=1S/C13H16N2O4/c1-17-10-5-8-9(6-11(10)18-2)15-13(12(16)14-8)3-4-19-7-13/h5-6,15H,3-4,7H2,1-2H3,(H,14,16). The summed E-state index contributed by atoms with van der Waals surface area (Å²) < 4.78 is 15.8. The monoisotopic (exact) mass is 264 g/mol. The fourth-order valence-corrected chi connectivity index (χ4v) is 2.48. The molecule has 0 radical (unpaired) electrons. The van der Waals surface area contributed by atoms with E-state index in [1.54, 1.807) is 20.3 Å². The third kappa shape index (κ3) is 1.79. The summed E-state index contributed by atoms with van der Waals surface area (Å²) in [6.07, 6.45) is 0.659. The van der Waals surface area contributed by atoms with Crippen molar-refractivity contribution in [3.8, 4) is 11.5 Å². The van der Waals surface area contributed by atoms with Crippen LogP contribution in [0.3, 0.4) is 0 Å². The van der Waals surface area contributed by atoms with Gasteiger partial charge in [-0.3, -0.25) is 4.79 Å². The van der Waals surface area contributed by atoms with Crippen LogP contribution in [0.25, 0.3) is 0 Å². The molecule has 2 aliphatic heterocycles. The van der Waals surface area contributed by atoms with Crippen LogP contribution in [0.15, 0.2) is 12.1 Å². The number of hydrogen-bond acceptors (Lipinski definition) is 5. The van der Waals surface area contributed by atoms with Crippen molar-refractivity contribution in [1.29, 1.82) is 0 Å². The molecular formula is C13H16N2O4. The predicted octanol–water partition coefficient (Wildman–Crippen LogP) is 1.23. The van der Waals surface area contributed by atoms with Gasteiger partial charge in [0.05, 0.1) is 32.2 Å². The Morgan fingerprint density at radius 2 is 1.89 bits per heavy atom. The number of fused-ring (bicyclic) bond motifs is 1. The van der Waals surface area contributed by atoms with Crippen molar-refractivity contribution in [2.75, 3.05) is 38.1 Å². The third-order valence-electron chi connectivity index (χ3n) is 3.60. The average molecular weight is 264 g/mol. The van der Waals surface area contributed by atoms with Gasteiger partial charge in [-0.25, -0.2) is 0 Å². The highest BCUT2D eigenvalue weighted by Crippen LogP contribution is 2.41. The Kier molecular flexibility index (Phi) is 2.74. The second kappa shape index (κ2) is 4.31. The van der Waals surface area contributed by atoms with Gasteiger partial charge in [0.2, 0.25) is 0 Å². The number of hydrogen-bond donors (Lipinski definition) is 2. The Hall–Kier alpha value is -1.95. The van der Waals surface area contributed by atoms with E-state index < -0.39 is 5.54 Å². The first-order valence-electron chi connectivity index (χ1n) is 6.12. The summed E-state index contributed by atoms with van der Waals surface area (Å²) in [5, 5.41) is 6.18. The van der Waals surface area contributed by atoms with Gasteiger partial charge in [0.25, 0.3) is 5.91 Å².